The number of halogens is 9. The van der Waals surface area contributed by atoms with Gasteiger partial charge in [-0.15, -0.1) is 0 Å². The van der Waals surface area contributed by atoms with Crippen molar-refractivity contribution in [3.05, 3.63) is 57.1 Å². The van der Waals surface area contributed by atoms with Crippen molar-refractivity contribution in [2.24, 2.45) is 0 Å². The average Bonchev–Trinajstić information content (AvgIpc) is 2.44. The molecule has 0 bridgehead atoms. The van der Waals surface area contributed by atoms with Crippen LogP contribution in [-0.4, -0.2) is 0 Å². The lowest BCUT2D eigenvalue weighted by molar-refractivity contribution is 0.426. The summed E-state index contributed by atoms with van der Waals surface area (Å²) in [5.74, 6) is -16.7. The summed E-state index contributed by atoms with van der Waals surface area (Å²) in [4.78, 5) is 0. The zero-order chi connectivity index (χ0) is 16.1. The first kappa shape index (κ1) is 15.7. The maximum absolute atomic E-state index is 13.7. The highest BCUT2D eigenvalue weighted by molar-refractivity contribution is 9.10. The largest absolute Gasteiger partial charge is 0.205 e. The molecule has 0 N–H and O–H groups in total. The molecule has 0 atom stereocenters. The Kier molecular flexibility index (Phi) is 3.96. The predicted octanol–water partition coefficient (Wildman–Crippen LogP) is 5.23. The molecule has 2 rings (SSSR count). The molecule has 0 spiro atoms. The summed E-state index contributed by atoms with van der Waals surface area (Å²) in [6, 6.07) is -0.196. The topological polar surface area (TPSA) is 0 Å². The van der Waals surface area contributed by atoms with E-state index in [-0.39, 0.29) is 6.07 Å². The first-order chi connectivity index (χ1) is 9.68. The number of hydrogen-bond donors (Lipinski definition) is 0. The normalized spacial score (nSPS) is 11.1. The van der Waals surface area contributed by atoms with Gasteiger partial charge in [-0.2, -0.15) is 0 Å². The number of rotatable bonds is 1. The second-order valence-electron chi connectivity index (χ2n) is 3.79. The number of hydrogen-bond acceptors (Lipinski definition) is 0. The third-order valence-corrected chi connectivity index (χ3v) is 3.27. The van der Waals surface area contributed by atoms with Crippen molar-refractivity contribution in [3.63, 3.8) is 0 Å². The minimum atomic E-state index is -2.32. The summed E-state index contributed by atoms with van der Waals surface area (Å²) in [5.41, 5.74) is -3.59. The molecular formula is C12HBrF8. The molecule has 0 saturated heterocycles. The molecule has 21 heavy (non-hydrogen) atoms. The van der Waals surface area contributed by atoms with Gasteiger partial charge in [0, 0.05) is 6.07 Å². The van der Waals surface area contributed by atoms with Crippen LogP contribution < -0.4 is 0 Å². The van der Waals surface area contributed by atoms with Crippen LogP contribution in [0.2, 0.25) is 0 Å². The maximum atomic E-state index is 13.7. The van der Waals surface area contributed by atoms with E-state index < -0.39 is 62.1 Å². The lowest BCUT2D eigenvalue weighted by Gasteiger charge is -2.11. The Bertz CT molecular complexity index is 701. The Balaban J connectivity index is 3.00. The van der Waals surface area contributed by atoms with Crippen LogP contribution in [0.5, 0.6) is 0 Å². The van der Waals surface area contributed by atoms with Gasteiger partial charge < -0.3 is 0 Å². The zero-order valence-corrected chi connectivity index (χ0v) is 11.1. The maximum Gasteiger partial charge on any atom is 0.196 e. The number of benzene rings is 2. The Morgan fingerprint density at radius 2 is 0.952 bits per heavy atom. The Morgan fingerprint density at radius 1 is 0.524 bits per heavy atom. The highest BCUT2D eigenvalue weighted by Crippen LogP contribution is 2.38. The fraction of sp³-hybridized carbons (Fsp3) is 0. The van der Waals surface area contributed by atoms with Crippen LogP contribution >= 0.6 is 15.9 Å². The van der Waals surface area contributed by atoms with Crippen LogP contribution in [0.1, 0.15) is 0 Å². The monoisotopic (exact) mass is 376 g/mol. The molecule has 0 heterocycles. The summed E-state index contributed by atoms with van der Waals surface area (Å²) in [5, 5.41) is 0. The van der Waals surface area contributed by atoms with E-state index in [0.717, 1.165) is 0 Å². The van der Waals surface area contributed by atoms with Gasteiger partial charge in [-0.05, 0) is 15.9 Å². The van der Waals surface area contributed by atoms with Crippen molar-refractivity contribution in [1.29, 1.82) is 0 Å². The quantitative estimate of drug-likeness (QED) is 0.363. The van der Waals surface area contributed by atoms with Crippen molar-refractivity contribution in [2.45, 2.75) is 0 Å². The molecule has 9 heteroatoms. The molecule has 0 unspecified atom stereocenters. The van der Waals surface area contributed by atoms with E-state index in [1.165, 1.54) is 0 Å². The van der Waals surface area contributed by atoms with Crippen LogP contribution in [0.3, 0.4) is 0 Å². The summed E-state index contributed by atoms with van der Waals surface area (Å²) >= 11 is 2.21. The molecule has 0 saturated carbocycles. The minimum absolute atomic E-state index is 0.196. The molecule has 0 aliphatic rings. The predicted molar refractivity (Wildman–Crippen MR) is 59.2 cm³/mol. The molecule has 0 aromatic heterocycles. The van der Waals surface area contributed by atoms with Gasteiger partial charge in [0.2, 0.25) is 0 Å². The highest BCUT2D eigenvalue weighted by Gasteiger charge is 2.31. The Hall–Kier alpha value is -1.64. The molecule has 112 valence electrons. The van der Waals surface area contributed by atoms with Crippen molar-refractivity contribution >= 4 is 15.9 Å². The van der Waals surface area contributed by atoms with Crippen LogP contribution in [-0.2, 0) is 0 Å². The smallest absolute Gasteiger partial charge is 0.196 e. The Labute approximate surface area is 120 Å². The second kappa shape index (κ2) is 5.28. The first-order valence-corrected chi connectivity index (χ1v) is 5.82. The van der Waals surface area contributed by atoms with E-state index in [2.05, 4.69) is 15.9 Å². The van der Waals surface area contributed by atoms with Crippen LogP contribution in [0.15, 0.2) is 10.5 Å². The van der Waals surface area contributed by atoms with Gasteiger partial charge >= 0.3 is 0 Å². The van der Waals surface area contributed by atoms with Crippen molar-refractivity contribution < 1.29 is 35.1 Å². The summed E-state index contributed by atoms with van der Waals surface area (Å²) < 4.78 is 105. The third kappa shape index (κ3) is 2.29. The molecule has 0 nitrogen and oxygen atoms in total. The summed E-state index contributed by atoms with van der Waals surface area (Å²) in [6.07, 6.45) is 0. The van der Waals surface area contributed by atoms with Gasteiger partial charge in [0.25, 0.3) is 0 Å². The van der Waals surface area contributed by atoms with Gasteiger partial charge in [-0.25, -0.2) is 35.1 Å². The second-order valence-corrected chi connectivity index (χ2v) is 4.58. The van der Waals surface area contributed by atoms with Crippen molar-refractivity contribution in [3.8, 4) is 11.1 Å². The summed E-state index contributed by atoms with van der Waals surface area (Å²) in [6.45, 7) is 0. The summed E-state index contributed by atoms with van der Waals surface area (Å²) in [7, 11) is 0. The molecule has 0 amide bonds. The lowest BCUT2D eigenvalue weighted by Crippen LogP contribution is -2.06. The van der Waals surface area contributed by atoms with Gasteiger partial charge in [0.05, 0.1) is 15.6 Å². The van der Waals surface area contributed by atoms with Gasteiger partial charge in [0.1, 0.15) is 0 Å². The third-order valence-electron chi connectivity index (χ3n) is 2.57. The van der Waals surface area contributed by atoms with Gasteiger partial charge in [0.15, 0.2) is 46.5 Å². The lowest BCUT2D eigenvalue weighted by atomic mass is 10.0. The molecule has 0 aliphatic heterocycles. The minimum Gasteiger partial charge on any atom is -0.205 e. The highest BCUT2D eigenvalue weighted by atomic mass is 79.9. The standard InChI is InChI=1S/C12HBrF8/c13-6-9(18)5(10(19)12(21)11(6)20)4-7(16)2(14)1-3(15)8(4)17/h1H. The van der Waals surface area contributed by atoms with Crippen molar-refractivity contribution in [2.75, 3.05) is 0 Å². The SMILES string of the molecule is Fc1cc(F)c(F)c(-c2c(F)c(F)c(F)c(Br)c2F)c1F. The van der Waals surface area contributed by atoms with Crippen LogP contribution in [0, 0.1) is 46.5 Å². The molecule has 2 aromatic carbocycles. The van der Waals surface area contributed by atoms with E-state index in [9.17, 15) is 35.1 Å². The van der Waals surface area contributed by atoms with Crippen molar-refractivity contribution in [1.82, 2.24) is 0 Å². The fourth-order valence-electron chi connectivity index (χ4n) is 1.62. The van der Waals surface area contributed by atoms with Crippen LogP contribution in [0.25, 0.3) is 11.1 Å². The van der Waals surface area contributed by atoms with E-state index >= 15 is 0 Å². The fourth-order valence-corrected chi connectivity index (χ4v) is 1.99. The van der Waals surface area contributed by atoms with E-state index in [1.54, 1.807) is 0 Å². The van der Waals surface area contributed by atoms with Gasteiger partial charge in [-0.1, -0.05) is 0 Å². The molecular weight excluding hydrogens is 376 g/mol. The van der Waals surface area contributed by atoms with Crippen LogP contribution in [0.4, 0.5) is 35.1 Å². The first-order valence-electron chi connectivity index (χ1n) is 5.03. The van der Waals surface area contributed by atoms with E-state index in [0.29, 0.717) is 0 Å². The molecule has 0 fully saturated rings. The molecule has 0 radical (unpaired) electrons. The Morgan fingerprint density at radius 3 is 1.43 bits per heavy atom. The van der Waals surface area contributed by atoms with E-state index in [4.69, 9.17) is 0 Å². The average molecular weight is 377 g/mol. The van der Waals surface area contributed by atoms with E-state index in [1.807, 2.05) is 0 Å². The molecule has 2 aromatic rings. The van der Waals surface area contributed by atoms with Gasteiger partial charge in [-0.3, -0.25) is 0 Å². The zero-order valence-electron chi connectivity index (χ0n) is 9.48. The molecule has 0 aliphatic carbocycles.